The number of carboxylic acid groups (broad SMARTS) is 1. The molecule has 0 radical (unpaired) electrons. The lowest BCUT2D eigenvalue weighted by Crippen LogP contribution is -2.52. The topological polar surface area (TPSA) is 171 Å². The monoisotopic (exact) mass is 442 g/mol. The average molecular weight is 442 g/mol. The Morgan fingerprint density at radius 3 is 1.97 bits per heavy atom. The Labute approximate surface area is 184 Å². The molecule has 0 aromatic heterocycles. The number of carbonyl (C=O) groups is 4. The van der Waals surface area contributed by atoms with Crippen LogP contribution in [0, 0.1) is 0 Å². The van der Waals surface area contributed by atoms with E-state index in [-0.39, 0.29) is 25.1 Å². The van der Waals surface area contributed by atoms with Crippen LogP contribution in [0.1, 0.15) is 11.1 Å². The molecular weight excluding hydrogens is 416 g/mol. The summed E-state index contributed by atoms with van der Waals surface area (Å²) >= 11 is 0. The summed E-state index contributed by atoms with van der Waals surface area (Å²) in [6.07, 6.45) is 0.192. The number of nitrogens with one attached hydrogen (secondary N) is 3. The number of hydrogen-bond acceptors (Lipinski definition) is 6. The van der Waals surface area contributed by atoms with Crippen molar-refractivity contribution in [3.05, 3.63) is 65.7 Å². The molecule has 0 saturated carbocycles. The van der Waals surface area contributed by atoms with Crippen LogP contribution in [0.25, 0.3) is 0 Å². The smallest absolute Gasteiger partial charge is 0.326 e. The molecule has 2 unspecified atom stereocenters. The normalized spacial score (nSPS) is 12.3. The Bertz CT molecular complexity index is 933. The van der Waals surface area contributed by atoms with Gasteiger partial charge in [-0.2, -0.15) is 0 Å². The molecule has 0 spiro atoms. The first-order valence-electron chi connectivity index (χ1n) is 9.89. The quantitative estimate of drug-likeness (QED) is 0.267. The van der Waals surface area contributed by atoms with Crippen molar-refractivity contribution in [3.8, 4) is 5.75 Å². The molecule has 0 heterocycles. The summed E-state index contributed by atoms with van der Waals surface area (Å²) in [6.45, 7) is -0.790. The fourth-order valence-electron chi connectivity index (χ4n) is 2.92. The molecule has 3 amide bonds. The van der Waals surface area contributed by atoms with Gasteiger partial charge >= 0.3 is 5.97 Å². The highest BCUT2D eigenvalue weighted by atomic mass is 16.4. The number of benzene rings is 2. The van der Waals surface area contributed by atoms with Gasteiger partial charge < -0.3 is 31.9 Å². The maximum Gasteiger partial charge on any atom is 0.326 e. The van der Waals surface area contributed by atoms with Gasteiger partial charge in [0.05, 0.1) is 13.1 Å². The number of hydrogen-bond donors (Lipinski definition) is 6. The molecule has 0 bridgehead atoms. The van der Waals surface area contributed by atoms with Gasteiger partial charge in [0.2, 0.25) is 17.7 Å². The Morgan fingerprint density at radius 1 is 0.812 bits per heavy atom. The summed E-state index contributed by atoms with van der Waals surface area (Å²) in [5.74, 6) is -3.02. The molecule has 0 aliphatic heterocycles. The number of carboxylic acids is 1. The zero-order chi connectivity index (χ0) is 23.5. The molecule has 10 heteroatoms. The molecule has 0 aliphatic carbocycles. The van der Waals surface area contributed by atoms with Crippen molar-refractivity contribution in [1.29, 1.82) is 0 Å². The molecule has 32 heavy (non-hydrogen) atoms. The minimum Gasteiger partial charge on any atom is -0.508 e. The molecule has 170 valence electrons. The Kier molecular flexibility index (Phi) is 9.18. The van der Waals surface area contributed by atoms with E-state index in [1.54, 1.807) is 42.5 Å². The van der Waals surface area contributed by atoms with Crippen LogP contribution < -0.4 is 21.7 Å². The molecule has 2 atom stereocenters. The van der Waals surface area contributed by atoms with Crippen LogP contribution in [0.5, 0.6) is 5.75 Å². The SMILES string of the molecule is NCC(=O)NC(Cc1ccc(O)cc1)C(=O)NCC(=O)NC(Cc1ccccc1)C(=O)O. The van der Waals surface area contributed by atoms with Gasteiger partial charge in [-0.3, -0.25) is 14.4 Å². The van der Waals surface area contributed by atoms with Gasteiger partial charge in [0.1, 0.15) is 17.8 Å². The van der Waals surface area contributed by atoms with Crippen LogP contribution in [0.3, 0.4) is 0 Å². The second-order valence-electron chi connectivity index (χ2n) is 7.06. The number of rotatable bonds is 11. The van der Waals surface area contributed by atoms with Crippen molar-refractivity contribution in [2.75, 3.05) is 13.1 Å². The second-order valence-corrected chi connectivity index (χ2v) is 7.06. The maximum atomic E-state index is 12.6. The molecule has 2 aromatic carbocycles. The number of amides is 3. The zero-order valence-corrected chi connectivity index (χ0v) is 17.3. The first-order valence-corrected chi connectivity index (χ1v) is 9.89. The van der Waals surface area contributed by atoms with Gasteiger partial charge in [-0.25, -0.2) is 4.79 Å². The number of phenols is 1. The molecule has 0 fully saturated rings. The van der Waals surface area contributed by atoms with E-state index in [1.165, 1.54) is 12.1 Å². The highest BCUT2D eigenvalue weighted by molar-refractivity contribution is 5.92. The Balaban J connectivity index is 1.95. The van der Waals surface area contributed by atoms with Crippen molar-refractivity contribution >= 4 is 23.7 Å². The van der Waals surface area contributed by atoms with Gasteiger partial charge in [-0.15, -0.1) is 0 Å². The van der Waals surface area contributed by atoms with E-state index in [0.717, 1.165) is 5.56 Å². The molecule has 7 N–H and O–H groups in total. The number of phenolic OH excluding ortho intramolecular Hbond substituents is 1. The summed E-state index contributed by atoms with van der Waals surface area (Å²) in [5.41, 5.74) is 6.71. The molecule has 0 saturated heterocycles. The minimum absolute atomic E-state index is 0.0564. The number of carbonyl (C=O) groups excluding carboxylic acids is 3. The zero-order valence-electron chi connectivity index (χ0n) is 17.3. The van der Waals surface area contributed by atoms with Gasteiger partial charge in [0.25, 0.3) is 0 Å². The molecule has 2 rings (SSSR count). The lowest BCUT2D eigenvalue weighted by Gasteiger charge is -2.19. The maximum absolute atomic E-state index is 12.6. The van der Waals surface area contributed by atoms with Crippen LogP contribution in [-0.2, 0) is 32.0 Å². The van der Waals surface area contributed by atoms with E-state index in [4.69, 9.17) is 5.73 Å². The van der Waals surface area contributed by atoms with Gasteiger partial charge in [0, 0.05) is 12.8 Å². The van der Waals surface area contributed by atoms with Crippen LogP contribution in [0.2, 0.25) is 0 Å². The van der Waals surface area contributed by atoms with Crippen LogP contribution in [0.4, 0.5) is 0 Å². The van der Waals surface area contributed by atoms with E-state index in [1.807, 2.05) is 0 Å². The largest absolute Gasteiger partial charge is 0.508 e. The predicted molar refractivity (Wildman–Crippen MR) is 116 cm³/mol. The van der Waals surface area contributed by atoms with Crippen LogP contribution in [-0.4, -0.2) is 59.1 Å². The molecule has 0 aliphatic rings. The second kappa shape index (κ2) is 12.1. The molecule has 10 nitrogen and oxygen atoms in total. The van der Waals surface area contributed by atoms with E-state index < -0.39 is 42.3 Å². The third-order valence-electron chi connectivity index (χ3n) is 4.55. The van der Waals surface area contributed by atoms with E-state index >= 15 is 0 Å². The Hall–Kier alpha value is -3.92. The predicted octanol–water partition coefficient (Wildman–Crippen LogP) is -0.693. The number of aliphatic carboxylic acids is 1. The fourth-order valence-corrected chi connectivity index (χ4v) is 2.92. The van der Waals surface area contributed by atoms with Crippen LogP contribution >= 0.6 is 0 Å². The summed E-state index contributed by atoms with van der Waals surface area (Å²) in [7, 11) is 0. The lowest BCUT2D eigenvalue weighted by molar-refractivity contribution is -0.141. The third-order valence-corrected chi connectivity index (χ3v) is 4.55. The number of nitrogens with two attached hydrogens (primary N) is 1. The average Bonchev–Trinajstić information content (AvgIpc) is 2.78. The highest BCUT2D eigenvalue weighted by Crippen LogP contribution is 2.11. The van der Waals surface area contributed by atoms with Gasteiger partial charge in [-0.1, -0.05) is 42.5 Å². The summed E-state index contributed by atoms with van der Waals surface area (Å²) in [4.78, 5) is 48.0. The van der Waals surface area contributed by atoms with Crippen molar-refractivity contribution in [3.63, 3.8) is 0 Å². The lowest BCUT2D eigenvalue weighted by atomic mass is 10.0. The van der Waals surface area contributed by atoms with Crippen molar-refractivity contribution < 1.29 is 29.4 Å². The van der Waals surface area contributed by atoms with Crippen LogP contribution in [0.15, 0.2) is 54.6 Å². The first kappa shape index (κ1) is 24.4. The van der Waals surface area contributed by atoms with Crippen molar-refractivity contribution in [2.24, 2.45) is 5.73 Å². The summed E-state index contributed by atoms with van der Waals surface area (Å²) in [5, 5.41) is 26.0. The molecular formula is C22H26N4O6. The highest BCUT2D eigenvalue weighted by Gasteiger charge is 2.23. The summed E-state index contributed by atoms with van der Waals surface area (Å²) < 4.78 is 0. The first-order chi connectivity index (χ1) is 15.3. The molecule has 2 aromatic rings. The Morgan fingerprint density at radius 2 is 1.38 bits per heavy atom. The standard InChI is InChI=1S/C22H26N4O6/c23-12-19(28)25-17(10-15-6-8-16(27)9-7-15)21(30)24-13-20(29)26-18(22(31)32)11-14-4-2-1-3-5-14/h1-9,17-18,27H,10-13,23H2,(H,24,30)(H,25,28)(H,26,29)(H,31,32). The third kappa shape index (κ3) is 8.07. The summed E-state index contributed by atoms with van der Waals surface area (Å²) in [6, 6.07) is 12.7. The van der Waals surface area contributed by atoms with E-state index in [2.05, 4.69) is 16.0 Å². The van der Waals surface area contributed by atoms with E-state index in [0.29, 0.717) is 5.56 Å². The fraction of sp³-hybridized carbons (Fsp3) is 0.273. The number of aromatic hydroxyl groups is 1. The van der Waals surface area contributed by atoms with E-state index in [9.17, 15) is 29.4 Å². The van der Waals surface area contributed by atoms with Crippen molar-refractivity contribution in [1.82, 2.24) is 16.0 Å². The van der Waals surface area contributed by atoms with Gasteiger partial charge in [0.15, 0.2) is 0 Å². The minimum atomic E-state index is -1.20. The van der Waals surface area contributed by atoms with Crippen molar-refractivity contribution in [2.45, 2.75) is 24.9 Å². The van der Waals surface area contributed by atoms with Gasteiger partial charge in [-0.05, 0) is 23.3 Å².